The van der Waals surface area contributed by atoms with E-state index >= 15 is 0 Å². The summed E-state index contributed by atoms with van der Waals surface area (Å²) in [6, 6.07) is 17.7. The van der Waals surface area contributed by atoms with Gasteiger partial charge in [0.05, 0.1) is 11.7 Å². The fourth-order valence-corrected chi connectivity index (χ4v) is 4.08. The van der Waals surface area contributed by atoms with Gasteiger partial charge in [-0.25, -0.2) is 0 Å². The van der Waals surface area contributed by atoms with Gasteiger partial charge in [-0.1, -0.05) is 17.7 Å². The lowest BCUT2D eigenvalue weighted by Gasteiger charge is -2.29. The van der Waals surface area contributed by atoms with Crippen LogP contribution >= 0.6 is 23.8 Å². The van der Waals surface area contributed by atoms with Crippen molar-refractivity contribution in [2.24, 2.45) is 0 Å². The van der Waals surface area contributed by atoms with Crippen LogP contribution in [-0.2, 0) is 0 Å². The van der Waals surface area contributed by atoms with E-state index in [-0.39, 0.29) is 18.1 Å². The fraction of sp³-hybridized carbons (Fsp3) is 0.238. The Balaban J connectivity index is 1.74. The van der Waals surface area contributed by atoms with Crippen molar-refractivity contribution in [3.05, 3.63) is 77.3 Å². The molecule has 6 heteroatoms. The van der Waals surface area contributed by atoms with E-state index in [1.54, 1.807) is 6.20 Å². The predicted octanol–water partition coefficient (Wildman–Crippen LogP) is 5.38. The van der Waals surface area contributed by atoms with Gasteiger partial charge in [0.15, 0.2) is 5.11 Å². The monoisotopic (exact) mass is 397 g/mol. The van der Waals surface area contributed by atoms with E-state index in [9.17, 15) is 0 Å². The summed E-state index contributed by atoms with van der Waals surface area (Å²) in [4.78, 5) is 6.71. The van der Waals surface area contributed by atoms with Crippen molar-refractivity contribution in [3.8, 4) is 11.3 Å². The molecule has 4 nitrogen and oxygen atoms in total. The minimum absolute atomic E-state index is 0.0616. The second-order valence-corrected chi connectivity index (χ2v) is 7.66. The van der Waals surface area contributed by atoms with E-state index in [2.05, 4.69) is 29.0 Å². The van der Waals surface area contributed by atoms with E-state index in [0.717, 1.165) is 27.9 Å². The van der Waals surface area contributed by atoms with Crippen LogP contribution in [0.1, 0.15) is 37.4 Å². The first-order valence-electron chi connectivity index (χ1n) is 8.90. The number of pyridine rings is 1. The minimum Gasteiger partial charge on any atom is -0.459 e. The third-order valence-corrected chi connectivity index (χ3v) is 5.32. The molecule has 2 atom stereocenters. The highest BCUT2D eigenvalue weighted by Crippen LogP contribution is 2.41. The first-order valence-corrected chi connectivity index (χ1v) is 9.68. The Morgan fingerprint density at radius 2 is 1.89 bits per heavy atom. The molecule has 0 aliphatic carbocycles. The van der Waals surface area contributed by atoms with Crippen molar-refractivity contribution in [1.82, 2.24) is 15.2 Å². The van der Waals surface area contributed by atoms with Crippen LogP contribution in [0.2, 0.25) is 5.02 Å². The molecular weight excluding hydrogens is 378 g/mol. The average Bonchev–Trinajstić information content (AvgIpc) is 3.27. The normalized spacial score (nSPS) is 19.6. The summed E-state index contributed by atoms with van der Waals surface area (Å²) in [5.41, 5.74) is 1.93. The molecule has 0 radical (unpaired) electrons. The molecule has 0 saturated carbocycles. The number of thiocarbonyl (C=S) groups is 1. The summed E-state index contributed by atoms with van der Waals surface area (Å²) in [6.45, 7) is 4.26. The molecule has 3 aromatic rings. The molecule has 27 heavy (non-hydrogen) atoms. The number of furan rings is 1. The van der Waals surface area contributed by atoms with Gasteiger partial charge in [0, 0.05) is 22.8 Å². The molecule has 0 bridgehead atoms. The van der Waals surface area contributed by atoms with Gasteiger partial charge in [0.25, 0.3) is 0 Å². The van der Waals surface area contributed by atoms with E-state index in [0.29, 0.717) is 5.02 Å². The lowest BCUT2D eigenvalue weighted by Crippen LogP contribution is -2.35. The van der Waals surface area contributed by atoms with Crippen LogP contribution in [0.4, 0.5) is 0 Å². The van der Waals surface area contributed by atoms with Crippen molar-refractivity contribution in [2.45, 2.75) is 32.0 Å². The third kappa shape index (κ3) is 3.45. The molecule has 1 aliphatic heterocycles. The van der Waals surface area contributed by atoms with Crippen molar-refractivity contribution < 1.29 is 4.42 Å². The van der Waals surface area contributed by atoms with E-state index in [1.807, 2.05) is 54.6 Å². The summed E-state index contributed by atoms with van der Waals surface area (Å²) < 4.78 is 6.26. The predicted molar refractivity (Wildman–Crippen MR) is 112 cm³/mol. The van der Waals surface area contributed by atoms with Crippen LogP contribution in [0.15, 0.2) is 65.2 Å². The number of hydrogen-bond acceptors (Lipinski definition) is 3. The maximum Gasteiger partial charge on any atom is 0.170 e. The molecule has 1 fully saturated rings. The lowest BCUT2D eigenvalue weighted by molar-refractivity contribution is 0.237. The van der Waals surface area contributed by atoms with Gasteiger partial charge >= 0.3 is 0 Å². The zero-order valence-corrected chi connectivity index (χ0v) is 16.7. The van der Waals surface area contributed by atoms with Crippen LogP contribution in [0.5, 0.6) is 0 Å². The lowest BCUT2D eigenvalue weighted by atomic mass is 10.0. The van der Waals surface area contributed by atoms with Gasteiger partial charge in [0.1, 0.15) is 17.6 Å². The van der Waals surface area contributed by atoms with Gasteiger partial charge in [-0.15, -0.1) is 0 Å². The Labute approximate surface area is 169 Å². The Morgan fingerprint density at radius 1 is 1.11 bits per heavy atom. The number of nitrogens with zero attached hydrogens (tertiary/aromatic N) is 2. The molecule has 138 valence electrons. The Kier molecular flexibility index (Phi) is 4.89. The maximum atomic E-state index is 6.26. The fourth-order valence-electron chi connectivity index (χ4n) is 3.51. The van der Waals surface area contributed by atoms with Crippen LogP contribution in [0, 0.1) is 0 Å². The van der Waals surface area contributed by atoms with Crippen molar-refractivity contribution in [2.75, 3.05) is 0 Å². The van der Waals surface area contributed by atoms with Crippen molar-refractivity contribution in [1.29, 1.82) is 0 Å². The number of nitrogens with one attached hydrogen (secondary N) is 1. The molecule has 4 rings (SSSR count). The summed E-state index contributed by atoms with van der Waals surface area (Å²) in [7, 11) is 0. The standard InChI is InChI=1S/C21H20ClN3OS/c1-13(2)25-20(19(24-21(25)27)16-5-3-4-12-23-16)18-11-10-17(26-18)14-6-8-15(22)9-7-14/h3-13,19-20H,1-2H3,(H,24,27)/t19-,20+/m0/s1. The molecule has 0 amide bonds. The smallest absolute Gasteiger partial charge is 0.170 e. The zero-order chi connectivity index (χ0) is 19.0. The zero-order valence-electron chi connectivity index (χ0n) is 15.1. The summed E-state index contributed by atoms with van der Waals surface area (Å²) >= 11 is 11.6. The molecule has 3 heterocycles. The number of benzene rings is 1. The molecule has 1 aromatic carbocycles. The highest BCUT2D eigenvalue weighted by molar-refractivity contribution is 7.80. The van der Waals surface area contributed by atoms with Crippen LogP contribution in [0.3, 0.4) is 0 Å². The second-order valence-electron chi connectivity index (χ2n) is 6.84. The quantitative estimate of drug-likeness (QED) is 0.599. The maximum absolute atomic E-state index is 6.26. The molecular formula is C21H20ClN3OS. The first kappa shape index (κ1) is 18.0. The summed E-state index contributed by atoms with van der Waals surface area (Å²) in [6.07, 6.45) is 1.80. The number of aromatic nitrogens is 1. The van der Waals surface area contributed by atoms with Crippen LogP contribution < -0.4 is 5.32 Å². The van der Waals surface area contributed by atoms with Crippen LogP contribution in [-0.4, -0.2) is 21.0 Å². The summed E-state index contributed by atoms with van der Waals surface area (Å²) in [5.74, 6) is 1.67. The largest absolute Gasteiger partial charge is 0.459 e. The van der Waals surface area contributed by atoms with Crippen molar-refractivity contribution in [3.63, 3.8) is 0 Å². The Hall–Kier alpha value is -2.37. The topological polar surface area (TPSA) is 41.3 Å². The van der Waals surface area contributed by atoms with E-state index in [1.165, 1.54) is 0 Å². The number of rotatable bonds is 4. The first-order chi connectivity index (χ1) is 13.0. The Morgan fingerprint density at radius 3 is 2.56 bits per heavy atom. The van der Waals surface area contributed by atoms with Crippen molar-refractivity contribution >= 4 is 28.9 Å². The number of halogens is 1. The van der Waals surface area contributed by atoms with Crippen LogP contribution in [0.25, 0.3) is 11.3 Å². The second kappa shape index (κ2) is 7.33. The highest BCUT2D eigenvalue weighted by atomic mass is 35.5. The Bertz CT molecular complexity index is 940. The average molecular weight is 398 g/mol. The van der Waals surface area contributed by atoms with E-state index < -0.39 is 0 Å². The molecule has 0 spiro atoms. The third-order valence-electron chi connectivity index (χ3n) is 4.74. The van der Waals surface area contributed by atoms with E-state index in [4.69, 9.17) is 28.2 Å². The molecule has 1 saturated heterocycles. The van der Waals surface area contributed by atoms with Gasteiger partial charge in [-0.3, -0.25) is 4.98 Å². The minimum atomic E-state index is -0.0645. The molecule has 1 aliphatic rings. The number of hydrogen-bond donors (Lipinski definition) is 1. The van der Waals surface area contributed by atoms with Gasteiger partial charge in [-0.2, -0.15) is 0 Å². The SMILES string of the molecule is CC(C)N1C(=S)N[C@@H](c2ccccn2)[C@H]1c1ccc(-c2ccc(Cl)cc2)o1. The van der Waals surface area contributed by atoms with Gasteiger partial charge < -0.3 is 14.6 Å². The molecule has 1 N–H and O–H groups in total. The van der Waals surface area contributed by atoms with Gasteiger partial charge in [0.2, 0.25) is 0 Å². The highest BCUT2D eigenvalue weighted by Gasteiger charge is 2.42. The van der Waals surface area contributed by atoms with Gasteiger partial charge in [-0.05, 0) is 74.6 Å². The molecule has 0 unspecified atom stereocenters. The summed E-state index contributed by atoms with van der Waals surface area (Å²) in [5, 5.41) is 4.85. The molecule has 2 aromatic heterocycles.